The van der Waals surface area contributed by atoms with Crippen molar-refractivity contribution in [2.75, 3.05) is 13.7 Å². The SMILES string of the molecule is COc1cc(CNCCc2ccc(F)cc2)ccc1OCc1ccccc1C.Cl. The fraction of sp³-hybridized carbons (Fsp3) is 0.250. The molecule has 0 saturated carbocycles. The number of nitrogens with one attached hydrogen (secondary N) is 1. The first-order chi connectivity index (χ1) is 13.7. The van der Waals surface area contributed by atoms with E-state index in [-0.39, 0.29) is 18.2 Å². The summed E-state index contributed by atoms with van der Waals surface area (Å²) < 4.78 is 24.4. The van der Waals surface area contributed by atoms with E-state index in [0.717, 1.165) is 47.7 Å². The topological polar surface area (TPSA) is 30.5 Å². The lowest BCUT2D eigenvalue weighted by molar-refractivity contribution is 0.283. The Balaban J connectivity index is 0.00000300. The van der Waals surface area contributed by atoms with Crippen molar-refractivity contribution in [2.45, 2.75) is 26.5 Å². The number of hydrogen-bond donors (Lipinski definition) is 1. The van der Waals surface area contributed by atoms with Crippen LogP contribution in [0.15, 0.2) is 66.7 Å². The number of rotatable bonds is 9. The smallest absolute Gasteiger partial charge is 0.161 e. The van der Waals surface area contributed by atoms with Crippen LogP contribution < -0.4 is 14.8 Å². The first-order valence-corrected chi connectivity index (χ1v) is 9.45. The van der Waals surface area contributed by atoms with Crippen molar-refractivity contribution in [1.29, 1.82) is 0 Å². The summed E-state index contributed by atoms with van der Waals surface area (Å²) in [6.07, 6.45) is 0.856. The van der Waals surface area contributed by atoms with Gasteiger partial charge in [-0.3, -0.25) is 0 Å². The van der Waals surface area contributed by atoms with E-state index in [2.05, 4.69) is 24.4 Å². The van der Waals surface area contributed by atoms with Gasteiger partial charge in [-0.15, -0.1) is 12.4 Å². The number of aryl methyl sites for hydroxylation is 1. The van der Waals surface area contributed by atoms with Crippen LogP contribution in [0.5, 0.6) is 11.5 Å². The fourth-order valence-corrected chi connectivity index (χ4v) is 2.99. The van der Waals surface area contributed by atoms with Crippen molar-refractivity contribution in [2.24, 2.45) is 0 Å². The van der Waals surface area contributed by atoms with E-state index >= 15 is 0 Å². The zero-order chi connectivity index (χ0) is 19.8. The maximum atomic E-state index is 12.9. The summed E-state index contributed by atoms with van der Waals surface area (Å²) >= 11 is 0. The van der Waals surface area contributed by atoms with Gasteiger partial charge in [0.2, 0.25) is 0 Å². The molecule has 0 aliphatic rings. The predicted molar refractivity (Wildman–Crippen MR) is 118 cm³/mol. The largest absolute Gasteiger partial charge is 0.493 e. The van der Waals surface area contributed by atoms with Gasteiger partial charge in [0.05, 0.1) is 7.11 Å². The summed E-state index contributed by atoms with van der Waals surface area (Å²) in [6.45, 7) is 4.14. The quantitative estimate of drug-likeness (QED) is 0.469. The van der Waals surface area contributed by atoms with Gasteiger partial charge in [-0.25, -0.2) is 4.39 Å². The normalized spacial score (nSPS) is 10.3. The van der Waals surface area contributed by atoms with Crippen molar-refractivity contribution in [3.63, 3.8) is 0 Å². The first kappa shape index (κ1) is 22.7. The molecule has 0 saturated heterocycles. The van der Waals surface area contributed by atoms with Gasteiger partial charge in [0.25, 0.3) is 0 Å². The third-order valence-electron chi connectivity index (χ3n) is 4.71. The van der Waals surface area contributed by atoms with Gasteiger partial charge in [0, 0.05) is 6.54 Å². The Hall–Kier alpha value is -2.56. The van der Waals surface area contributed by atoms with E-state index in [1.54, 1.807) is 7.11 Å². The Labute approximate surface area is 178 Å². The highest BCUT2D eigenvalue weighted by Crippen LogP contribution is 2.29. The van der Waals surface area contributed by atoms with Crippen LogP contribution >= 0.6 is 12.4 Å². The molecule has 0 unspecified atom stereocenters. The second kappa shape index (κ2) is 11.4. The van der Waals surface area contributed by atoms with Crippen LogP contribution in [-0.2, 0) is 19.6 Å². The van der Waals surface area contributed by atoms with Crippen LogP contribution in [0.1, 0.15) is 22.3 Å². The summed E-state index contributed by atoms with van der Waals surface area (Å²) in [7, 11) is 1.65. The summed E-state index contributed by atoms with van der Waals surface area (Å²) in [5, 5.41) is 3.41. The van der Waals surface area contributed by atoms with E-state index in [0.29, 0.717) is 6.61 Å². The molecule has 0 radical (unpaired) electrons. The van der Waals surface area contributed by atoms with Crippen molar-refractivity contribution < 1.29 is 13.9 Å². The van der Waals surface area contributed by atoms with E-state index in [9.17, 15) is 4.39 Å². The third-order valence-corrected chi connectivity index (χ3v) is 4.71. The summed E-state index contributed by atoms with van der Waals surface area (Å²) in [4.78, 5) is 0. The Morgan fingerprint density at radius 3 is 2.34 bits per heavy atom. The van der Waals surface area contributed by atoms with Crippen molar-refractivity contribution in [3.8, 4) is 11.5 Å². The average Bonchev–Trinajstić information content (AvgIpc) is 2.72. The van der Waals surface area contributed by atoms with Gasteiger partial charge < -0.3 is 14.8 Å². The Morgan fingerprint density at radius 1 is 0.897 bits per heavy atom. The molecule has 3 aromatic carbocycles. The molecule has 0 fully saturated rings. The standard InChI is InChI=1S/C24H26FNO2.ClH/c1-18-5-3-4-6-21(18)17-28-23-12-9-20(15-24(23)27-2)16-26-14-13-19-7-10-22(25)11-8-19;/h3-12,15,26H,13-14,16-17H2,1-2H3;1H. The van der Waals surface area contributed by atoms with Gasteiger partial charge in [0.15, 0.2) is 11.5 Å². The number of methoxy groups -OCH3 is 1. The molecule has 5 heteroatoms. The molecule has 154 valence electrons. The van der Waals surface area contributed by atoms with E-state index in [1.165, 1.54) is 17.7 Å². The second-order valence-electron chi connectivity index (χ2n) is 6.75. The minimum atomic E-state index is -0.200. The predicted octanol–water partition coefficient (Wildman–Crippen LogP) is 5.48. The molecule has 0 aromatic heterocycles. The zero-order valence-corrected chi connectivity index (χ0v) is 17.6. The van der Waals surface area contributed by atoms with E-state index in [1.807, 2.05) is 42.5 Å². The molecule has 0 bridgehead atoms. The summed E-state index contributed by atoms with van der Waals surface area (Å²) in [5.74, 6) is 1.26. The molecular weight excluding hydrogens is 389 g/mol. The van der Waals surface area contributed by atoms with E-state index < -0.39 is 0 Å². The number of hydrogen-bond acceptors (Lipinski definition) is 3. The van der Waals surface area contributed by atoms with Crippen molar-refractivity contribution in [1.82, 2.24) is 5.32 Å². The average molecular weight is 416 g/mol. The van der Waals surface area contributed by atoms with Crippen LogP contribution in [0.3, 0.4) is 0 Å². The lowest BCUT2D eigenvalue weighted by Crippen LogP contribution is -2.16. The van der Waals surface area contributed by atoms with Gasteiger partial charge in [0.1, 0.15) is 12.4 Å². The highest BCUT2D eigenvalue weighted by atomic mass is 35.5. The van der Waals surface area contributed by atoms with Crippen LogP contribution in [0.25, 0.3) is 0 Å². The molecule has 0 amide bonds. The highest BCUT2D eigenvalue weighted by Gasteiger charge is 2.07. The molecule has 1 N–H and O–H groups in total. The lowest BCUT2D eigenvalue weighted by Gasteiger charge is -2.13. The van der Waals surface area contributed by atoms with Crippen LogP contribution in [-0.4, -0.2) is 13.7 Å². The maximum absolute atomic E-state index is 12.9. The molecule has 3 nitrogen and oxygen atoms in total. The summed E-state index contributed by atoms with van der Waals surface area (Å²) in [6, 6.07) is 20.8. The van der Waals surface area contributed by atoms with Crippen LogP contribution in [0.2, 0.25) is 0 Å². The molecule has 3 rings (SSSR count). The third kappa shape index (κ3) is 6.77. The van der Waals surface area contributed by atoms with Gasteiger partial charge in [-0.2, -0.15) is 0 Å². The van der Waals surface area contributed by atoms with Crippen molar-refractivity contribution >= 4 is 12.4 Å². The second-order valence-corrected chi connectivity index (χ2v) is 6.75. The Bertz CT molecular complexity index is 900. The monoisotopic (exact) mass is 415 g/mol. The Morgan fingerprint density at radius 2 is 1.62 bits per heavy atom. The minimum Gasteiger partial charge on any atom is -0.493 e. The molecular formula is C24H27ClFNO2. The molecule has 0 heterocycles. The highest BCUT2D eigenvalue weighted by molar-refractivity contribution is 5.85. The number of benzene rings is 3. The Kier molecular flexibility index (Phi) is 8.97. The lowest BCUT2D eigenvalue weighted by atomic mass is 10.1. The molecule has 3 aromatic rings. The number of halogens is 2. The van der Waals surface area contributed by atoms with Gasteiger partial charge in [-0.05, 0) is 66.4 Å². The van der Waals surface area contributed by atoms with Gasteiger partial charge >= 0.3 is 0 Å². The molecule has 29 heavy (non-hydrogen) atoms. The number of ether oxygens (including phenoxy) is 2. The van der Waals surface area contributed by atoms with Crippen molar-refractivity contribution in [3.05, 3.63) is 94.8 Å². The molecule has 0 atom stereocenters. The molecule has 0 aliphatic carbocycles. The van der Waals surface area contributed by atoms with Gasteiger partial charge in [-0.1, -0.05) is 42.5 Å². The minimum absolute atomic E-state index is 0. The van der Waals surface area contributed by atoms with E-state index in [4.69, 9.17) is 9.47 Å². The maximum Gasteiger partial charge on any atom is 0.161 e. The van der Waals surface area contributed by atoms with Crippen LogP contribution in [0, 0.1) is 12.7 Å². The fourth-order valence-electron chi connectivity index (χ4n) is 2.99. The zero-order valence-electron chi connectivity index (χ0n) is 16.8. The molecule has 0 spiro atoms. The summed E-state index contributed by atoms with van der Waals surface area (Å²) in [5.41, 5.74) is 4.62. The first-order valence-electron chi connectivity index (χ1n) is 9.45. The molecule has 0 aliphatic heterocycles. The van der Waals surface area contributed by atoms with Crippen LogP contribution in [0.4, 0.5) is 4.39 Å².